The van der Waals surface area contributed by atoms with E-state index in [9.17, 15) is 0 Å². The van der Waals surface area contributed by atoms with Gasteiger partial charge in [-0.15, -0.1) is 0 Å². The molecule has 126 valence electrons. The highest BCUT2D eigenvalue weighted by molar-refractivity contribution is 7.99. The van der Waals surface area contributed by atoms with E-state index in [1.54, 1.807) is 0 Å². The van der Waals surface area contributed by atoms with Crippen molar-refractivity contribution in [1.82, 2.24) is 9.55 Å². The standard InChI is InChI=1S/C19H27ClN2S/c1-2-3-4-5-14-23-19(15-22-13-12-21-16-22)11-8-17-6-9-18(20)10-7-17/h6-7,9-10,12-13,16,19H,2-5,8,11,14-15H2,1H3. The maximum atomic E-state index is 5.96. The van der Waals surface area contributed by atoms with Gasteiger partial charge in [-0.05, 0) is 42.7 Å². The second-order valence-corrected chi connectivity index (χ2v) is 7.82. The Bertz CT molecular complexity index is 525. The molecule has 1 aromatic heterocycles. The third-order valence-electron chi connectivity index (χ3n) is 3.99. The van der Waals surface area contributed by atoms with Crippen molar-refractivity contribution in [2.24, 2.45) is 0 Å². The van der Waals surface area contributed by atoms with Crippen molar-refractivity contribution in [2.75, 3.05) is 5.75 Å². The van der Waals surface area contributed by atoms with Crippen LogP contribution in [0.15, 0.2) is 43.0 Å². The Hall–Kier alpha value is -0.930. The van der Waals surface area contributed by atoms with Gasteiger partial charge in [-0.3, -0.25) is 0 Å². The smallest absolute Gasteiger partial charge is 0.0946 e. The minimum atomic E-state index is 0.640. The molecule has 1 aromatic carbocycles. The molecule has 0 aliphatic heterocycles. The second-order valence-electron chi connectivity index (χ2n) is 5.98. The first-order chi connectivity index (χ1) is 11.3. The molecule has 23 heavy (non-hydrogen) atoms. The molecule has 0 bridgehead atoms. The van der Waals surface area contributed by atoms with Gasteiger partial charge in [-0.2, -0.15) is 11.8 Å². The van der Waals surface area contributed by atoms with E-state index in [1.807, 2.05) is 24.7 Å². The molecule has 0 spiro atoms. The van der Waals surface area contributed by atoms with Gasteiger partial charge in [-0.25, -0.2) is 4.98 Å². The van der Waals surface area contributed by atoms with E-state index in [0.29, 0.717) is 5.25 Å². The lowest BCUT2D eigenvalue weighted by Gasteiger charge is -2.17. The number of imidazole rings is 1. The molecule has 0 aliphatic rings. The number of hydrogen-bond donors (Lipinski definition) is 0. The molecule has 0 saturated carbocycles. The lowest BCUT2D eigenvalue weighted by atomic mass is 10.1. The first-order valence-electron chi connectivity index (χ1n) is 8.59. The molecular weight excluding hydrogens is 324 g/mol. The van der Waals surface area contributed by atoms with Gasteiger partial charge < -0.3 is 4.57 Å². The van der Waals surface area contributed by atoms with Crippen molar-refractivity contribution in [3.05, 3.63) is 53.6 Å². The van der Waals surface area contributed by atoms with Crippen LogP contribution in [0.5, 0.6) is 0 Å². The van der Waals surface area contributed by atoms with E-state index in [2.05, 4.69) is 46.6 Å². The molecule has 1 unspecified atom stereocenters. The lowest BCUT2D eigenvalue weighted by molar-refractivity contribution is 0.622. The van der Waals surface area contributed by atoms with Crippen LogP contribution in [0.3, 0.4) is 0 Å². The van der Waals surface area contributed by atoms with Gasteiger partial charge in [-0.1, -0.05) is 49.9 Å². The predicted octanol–water partition coefficient (Wildman–Crippen LogP) is 5.85. The Labute approximate surface area is 149 Å². The number of rotatable bonds is 11. The monoisotopic (exact) mass is 350 g/mol. The van der Waals surface area contributed by atoms with E-state index < -0.39 is 0 Å². The average molecular weight is 351 g/mol. The van der Waals surface area contributed by atoms with Crippen LogP contribution in [0.25, 0.3) is 0 Å². The lowest BCUT2D eigenvalue weighted by Crippen LogP contribution is -2.14. The Morgan fingerprint density at radius 2 is 2.00 bits per heavy atom. The van der Waals surface area contributed by atoms with Crippen LogP contribution >= 0.6 is 23.4 Å². The summed E-state index contributed by atoms with van der Waals surface area (Å²) in [5.41, 5.74) is 1.37. The first kappa shape index (κ1) is 18.4. The van der Waals surface area contributed by atoms with Crippen molar-refractivity contribution >= 4 is 23.4 Å². The minimum absolute atomic E-state index is 0.640. The van der Waals surface area contributed by atoms with Crippen LogP contribution in [0, 0.1) is 0 Å². The molecule has 0 N–H and O–H groups in total. The summed E-state index contributed by atoms with van der Waals surface area (Å²) < 4.78 is 2.20. The zero-order valence-corrected chi connectivity index (χ0v) is 15.5. The molecule has 0 fully saturated rings. The Balaban J connectivity index is 1.80. The third-order valence-corrected chi connectivity index (χ3v) is 5.63. The number of aromatic nitrogens is 2. The summed E-state index contributed by atoms with van der Waals surface area (Å²) in [5, 5.41) is 1.45. The number of thioether (sulfide) groups is 1. The molecule has 1 heterocycles. The molecule has 2 rings (SSSR count). The molecule has 0 saturated heterocycles. The van der Waals surface area contributed by atoms with Gasteiger partial charge in [0.15, 0.2) is 0 Å². The third kappa shape index (κ3) is 7.45. The summed E-state index contributed by atoms with van der Waals surface area (Å²) in [5.74, 6) is 1.26. The maximum absolute atomic E-state index is 5.96. The van der Waals surface area contributed by atoms with E-state index in [1.165, 1.54) is 43.4 Å². The average Bonchev–Trinajstić information content (AvgIpc) is 3.06. The van der Waals surface area contributed by atoms with E-state index >= 15 is 0 Å². The van der Waals surface area contributed by atoms with Gasteiger partial charge in [0.05, 0.1) is 6.33 Å². The highest BCUT2D eigenvalue weighted by Crippen LogP contribution is 2.22. The van der Waals surface area contributed by atoms with Crippen molar-refractivity contribution < 1.29 is 0 Å². The quantitative estimate of drug-likeness (QED) is 0.473. The van der Waals surface area contributed by atoms with Crippen molar-refractivity contribution in [3.63, 3.8) is 0 Å². The maximum Gasteiger partial charge on any atom is 0.0946 e. The van der Waals surface area contributed by atoms with Crippen molar-refractivity contribution in [1.29, 1.82) is 0 Å². The minimum Gasteiger partial charge on any atom is -0.336 e. The predicted molar refractivity (Wildman–Crippen MR) is 102 cm³/mol. The number of nitrogens with zero attached hydrogens (tertiary/aromatic N) is 2. The topological polar surface area (TPSA) is 17.8 Å². The zero-order valence-electron chi connectivity index (χ0n) is 14.0. The van der Waals surface area contributed by atoms with Gasteiger partial charge in [0.2, 0.25) is 0 Å². The SMILES string of the molecule is CCCCCCSC(CCc1ccc(Cl)cc1)Cn1ccnc1. The first-order valence-corrected chi connectivity index (χ1v) is 10.0. The fraction of sp³-hybridized carbons (Fsp3) is 0.526. The van der Waals surface area contributed by atoms with Crippen LogP contribution in [0.4, 0.5) is 0 Å². The number of unbranched alkanes of at least 4 members (excludes halogenated alkanes) is 3. The van der Waals surface area contributed by atoms with Crippen LogP contribution < -0.4 is 0 Å². The Morgan fingerprint density at radius 3 is 2.70 bits per heavy atom. The molecule has 0 radical (unpaired) electrons. The summed E-state index contributed by atoms with van der Waals surface area (Å²) in [6.07, 6.45) is 13.5. The van der Waals surface area contributed by atoms with Gasteiger partial charge in [0.25, 0.3) is 0 Å². The molecule has 1 atom stereocenters. The van der Waals surface area contributed by atoms with Crippen LogP contribution in [0.1, 0.15) is 44.6 Å². The Kier molecular flexibility index (Phi) is 8.62. The normalized spacial score (nSPS) is 12.4. The fourth-order valence-corrected chi connectivity index (χ4v) is 4.01. The molecular formula is C19H27ClN2S. The van der Waals surface area contributed by atoms with Crippen molar-refractivity contribution in [2.45, 2.75) is 57.2 Å². The highest BCUT2D eigenvalue weighted by Gasteiger charge is 2.10. The Morgan fingerprint density at radius 1 is 1.17 bits per heavy atom. The second kappa shape index (κ2) is 10.8. The van der Waals surface area contributed by atoms with Gasteiger partial charge >= 0.3 is 0 Å². The van der Waals surface area contributed by atoms with Gasteiger partial charge in [0, 0.05) is 29.2 Å². The van der Waals surface area contributed by atoms with Crippen molar-refractivity contribution in [3.8, 4) is 0 Å². The molecule has 0 amide bonds. The van der Waals surface area contributed by atoms with Crippen LogP contribution in [-0.2, 0) is 13.0 Å². The molecule has 4 heteroatoms. The molecule has 0 aliphatic carbocycles. The van der Waals surface area contributed by atoms with E-state index in [0.717, 1.165) is 18.0 Å². The largest absolute Gasteiger partial charge is 0.336 e. The molecule has 2 nitrogen and oxygen atoms in total. The number of halogens is 1. The fourth-order valence-electron chi connectivity index (χ4n) is 2.61. The summed E-state index contributed by atoms with van der Waals surface area (Å²) in [4.78, 5) is 4.16. The summed E-state index contributed by atoms with van der Waals surface area (Å²) in [6, 6.07) is 8.25. The van der Waals surface area contributed by atoms with Gasteiger partial charge in [0.1, 0.15) is 0 Å². The number of benzene rings is 1. The summed E-state index contributed by atoms with van der Waals surface area (Å²) >= 11 is 8.08. The van der Waals surface area contributed by atoms with E-state index in [4.69, 9.17) is 11.6 Å². The van der Waals surface area contributed by atoms with Crippen LogP contribution in [-0.4, -0.2) is 20.6 Å². The summed E-state index contributed by atoms with van der Waals surface area (Å²) in [6.45, 7) is 3.31. The molecule has 2 aromatic rings. The highest BCUT2D eigenvalue weighted by atomic mass is 35.5. The van der Waals surface area contributed by atoms with E-state index in [-0.39, 0.29) is 0 Å². The van der Waals surface area contributed by atoms with Crippen LogP contribution in [0.2, 0.25) is 5.02 Å². The summed E-state index contributed by atoms with van der Waals surface area (Å²) in [7, 11) is 0. The number of hydrogen-bond acceptors (Lipinski definition) is 2. The number of aryl methyl sites for hydroxylation is 1. The zero-order chi connectivity index (χ0) is 16.3.